The number of benzene rings is 2. The maximum absolute atomic E-state index is 12.4. The number of piperidine rings is 1. The zero-order valence-electron chi connectivity index (χ0n) is 14.3. The summed E-state index contributed by atoms with van der Waals surface area (Å²) < 4.78 is 0. The molecule has 1 unspecified atom stereocenters. The van der Waals surface area contributed by atoms with E-state index in [4.69, 9.17) is 0 Å². The molecule has 2 N–H and O–H groups in total. The number of imidazole rings is 1. The van der Waals surface area contributed by atoms with Crippen LogP contribution in [0.25, 0.3) is 22.4 Å². The standard InChI is InChI=1S/C20H22N4O/c1-24-12-4-5-15(13-24)20(25)21-16-10-8-14(9-11-16)19-22-17-6-2-3-7-18(17)23-19/h2-3,6-11,15H,4-5,12-13H2,1H3,(H,21,25)(H,22,23). The molecule has 1 aliphatic heterocycles. The van der Waals surface area contributed by atoms with E-state index in [1.54, 1.807) is 0 Å². The van der Waals surface area contributed by atoms with Crippen LogP contribution in [0.15, 0.2) is 48.5 Å². The number of carbonyl (C=O) groups is 1. The number of H-pyrrole nitrogens is 1. The van der Waals surface area contributed by atoms with Crippen molar-refractivity contribution < 1.29 is 4.79 Å². The largest absolute Gasteiger partial charge is 0.338 e. The third kappa shape index (κ3) is 3.42. The lowest BCUT2D eigenvalue weighted by molar-refractivity contribution is -0.121. The fourth-order valence-electron chi connectivity index (χ4n) is 3.43. The first-order chi connectivity index (χ1) is 12.2. The molecule has 5 heteroatoms. The van der Waals surface area contributed by atoms with Crippen molar-refractivity contribution in [2.24, 2.45) is 5.92 Å². The second kappa shape index (κ2) is 6.69. The van der Waals surface area contributed by atoms with Crippen molar-refractivity contribution >= 4 is 22.6 Å². The van der Waals surface area contributed by atoms with Gasteiger partial charge in [-0.3, -0.25) is 4.79 Å². The third-order valence-corrected chi connectivity index (χ3v) is 4.81. The van der Waals surface area contributed by atoms with E-state index >= 15 is 0 Å². The smallest absolute Gasteiger partial charge is 0.228 e. The number of amides is 1. The van der Waals surface area contributed by atoms with Crippen molar-refractivity contribution in [3.05, 3.63) is 48.5 Å². The number of hydrogen-bond donors (Lipinski definition) is 2. The van der Waals surface area contributed by atoms with Crippen molar-refractivity contribution in [3.8, 4) is 11.4 Å². The summed E-state index contributed by atoms with van der Waals surface area (Å²) in [6, 6.07) is 15.8. The van der Waals surface area contributed by atoms with Gasteiger partial charge in [-0.05, 0) is 62.8 Å². The highest BCUT2D eigenvalue weighted by molar-refractivity contribution is 5.93. The van der Waals surface area contributed by atoms with Crippen LogP contribution < -0.4 is 5.32 Å². The number of carbonyl (C=O) groups excluding carboxylic acids is 1. The maximum Gasteiger partial charge on any atom is 0.228 e. The van der Waals surface area contributed by atoms with E-state index in [1.807, 2.05) is 48.5 Å². The van der Waals surface area contributed by atoms with Gasteiger partial charge in [0, 0.05) is 17.8 Å². The van der Waals surface area contributed by atoms with Crippen LogP contribution in [0, 0.1) is 5.92 Å². The molecule has 2 aromatic carbocycles. The average molecular weight is 334 g/mol. The van der Waals surface area contributed by atoms with Gasteiger partial charge in [-0.1, -0.05) is 12.1 Å². The minimum absolute atomic E-state index is 0.0776. The fraction of sp³-hybridized carbons (Fsp3) is 0.300. The summed E-state index contributed by atoms with van der Waals surface area (Å²) in [7, 11) is 2.07. The topological polar surface area (TPSA) is 61.0 Å². The number of likely N-dealkylation sites (tertiary alicyclic amines) is 1. The Morgan fingerprint density at radius 3 is 2.76 bits per heavy atom. The number of rotatable bonds is 3. The number of fused-ring (bicyclic) bond motifs is 1. The Balaban J connectivity index is 1.47. The average Bonchev–Trinajstić information content (AvgIpc) is 3.06. The second-order valence-corrected chi connectivity index (χ2v) is 6.77. The van der Waals surface area contributed by atoms with Gasteiger partial charge in [0.1, 0.15) is 5.82 Å². The van der Waals surface area contributed by atoms with Gasteiger partial charge in [0.2, 0.25) is 5.91 Å². The quantitative estimate of drug-likeness (QED) is 0.770. The molecule has 128 valence electrons. The molecule has 1 fully saturated rings. The highest BCUT2D eigenvalue weighted by atomic mass is 16.1. The van der Waals surface area contributed by atoms with Gasteiger partial charge in [0.25, 0.3) is 0 Å². The van der Waals surface area contributed by atoms with Crippen LogP contribution in [0.5, 0.6) is 0 Å². The highest BCUT2D eigenvalue weighted by Crippen LogP contribution is 2.23. The molecule has 1 amide bonds. The SMILES string of the molecule is CN1CCCC(C(=O)Nc2ccc(-c3nc4ccccc4[nH]3)cc2)C1. The predicted molar refractivity (Wildman–Crippen MR) is 100 cm³/mol. The molecule has 0 radical (unpaired) electrons. The van der Waals surface area contributed by atoms with Crippen LogP contribution in [0.2, 0.25) is 0 Å². The Morgan fingerprint density at radius 1 is 1.20 bits per heavy atom. The molecule has 1 saturated heterocycles. The first kappa shape index (κ1) is 15.8. The minimum Gasteiger partial charge on any atom is -0.338 e. The molecule has 5 nitrogen and oxygen atoms in total. The van der Waals surface area contributed by atoms with E-state index in [1.165, 1.54) is 0 Å². The Hall–Kier alpha value is -2.66. The lowest BCUT2D eigenvalue weighted by Gasteiger charge is -2.28. The van der Waals surface area contributed by atoms with Crippen molar-refractivity contribution in [1.29, 1.82) is 0 Å². The van der Waals surface area contributed by atoms with E-state index < -0.39 is 0 Å². The lowest BCUT2D eigenvalue weighted by Crippen LogP contribution is -2.38. The first-order valence-corrected chi connectivity index (χ1v) is 8.73. The molecule has 3 aromatic rings. The Bertz CT molecular complexity index is 851. The number of anilines is 1. The maximum atomic E-state index is 12.4. The highest BCUT2D eigenvalue weighted by Gasteiger charge is 2.23. The molecule has 0 aliphatic carbocycles. The molecule has 0 spiro atoms. The van der Waals surface area contributed by atoms with E-state index in [-0.39, 0.29) is 11.8 Å². The Kier molecular flexibility index (Phi) is 4.24. The lowest BCUT2D eigenvalue weighted by atomic mass is 9.97. The Labute approximate surface area is 147 Å². The summed E-state index contributed by atoms with van der Waals surface area (Å²) in [6.07, 6.45) is 2.05. The summed E-state index contributed by atoms with van der Waals surface area (Å²) in [5, 5.41) is 3.04. The van der Waals surface area contributed by atoms with Gasteiger partial charge in [0.05, 0.1) is 17.0 Å². The van der Waals surface area contributed by atoms with Crippen LogP contribution >= 0.6 is 0 Å². The van der Waals surface area contributed by atoms with Gasteiger partial charge in [-0.25, -0.2) is 4.98 Å². The number of para-hydroxylation sites is 2. The van der Waals surface area contributed by atoms with E-state index in [0.29, 0.717) is 0 Å². The summed E-state index contributed by atoms with van der Waals surface area (Å²) in [6.45, 7) is 1.92. The summed E-state index contributed by atoms with van der Waals surface area (Å²) in [4.78, 5) is 22.6. The molecule has 2 heterocycles. The number of nitrogens with one attached hydrogen (secondary N) is 2. The van der Waals surface area contributed by atoms with Gasteiger partial charge in [-0.15, -0.1) is 0 Å². The monoisotopic (exact) mass is 334 g/mol. The molecule has 1 atom stereocenters. The van der Waals surface area contributed by atoms with Crippen molar-refractivity contribution in [2.45, 2.75) is 12.8 Å². The van der Waals surface area contributed by atoms with Gasteiger partial charge in [0.15, 0.2) is 0 Å². The molecule has 0 bridgehead atoms. The number of aromatic amines is 1. The van der Waals surface area contributed by atoms with E-state index in [2.05, 4.69) is 27.2 Å². The third-order valence-electron chi connectivity index (χ3n) is 4.81. The first-order valence-electron chi connectivity index (χ1n) is 8.73. The predicted octanol–water partition coefficient (Wildman–Crippen LogP) is 3.51. The number of hydrogen-bond acceptors (Lipinski definition) is 3. The molecule has 4 rings (SSSR count). The second-order valence-electron chi connectivity index (χ2n) is 6.77. The summed E-state index contributed by atoms with van der Waals surface area (Å²) >= 11 is 0. The zero-order valence-corrected chi connectivity index (χ0v) is 14.3. The zero-order chi connectivity index (χ0) is 17.2. The van der Waals surface area contributed by atoms with Crippen molar-refractivity contribution in [2.75, 3.05) is 25.5 Å². The minimum atomic E-state index is 0.0776. The van der Waals surface area contributed by atoms with Crippen LogP contribution in [0.1, 0.15) is 12.8 Å². The molecule has 0 saturated carbocycles. The van der Waals surface area contributed by atoms with Crippen LogP contribution in [0.3, 0.4) is 0 Å². The van der Waals surface area contributed by atoms with Gasteiger partial charge < -0.3 is 15.2 Å². The number of aromatic nitrogens is 2. The normalized spacial score (nSPS) is 18.4. The summed E-state index contributed by atoms with van der Waals surface area (Å²) in [5.74, 6) is 1.03. The van der Waals surface area contributed by atoms with Gasteiger partial charge in [-0.2, -0.15) is 0 Å². The van der Waals surface area contributed by atoms with Crippen LogP contribution in [-0.4, -0.2) is 40.9 Å². The van der Waals surface area contributed by atoms with Gasteiger partial charge >= 0.3 is 0 Å². The molecular formula is C20H22N4O. The van der Waals surface area contributed by atoms with Crippen LogP contribution in [0.4, 0.5) is 5.69 Å². The summed E-state index contributed by atoms with van der Waals surface area (Å²) in [5.41, 5.74) is 3.82. The Morgan fingerprint density at radius 2 is 2.00 bits per heavy atom. The molecule has 1 aliphatic rings. The molecule has 25 heavy (non-hydrogen) atoms. The van der Waals surface area contributed by atoms with Crippen molar-refractivity contribution in [3.63, 3.8) is 0 Å². The van der Waals surface area contributed by atoms with E-state index in [9.17, 15) is 4.79 Å². The molecular weight excluding hydrogens is 312 g/mol. The molecule has 1 aromatic heterocycles. The number of nitrogens with zero attached hydrogens (tertiary/aromatic N) is 2. The van der Waals surface area contributed by atoms with Crippen molar-refractivity contribution in [1.82, 2.24) is 14.9 Å². The van der Waals surface area contributed by atoms with Crippen LogP contribution in [-0.2, 0) is 4.79 Å². The van der Waals surface area contributed by atoms with E-state index in [0.717, 1.165) is 54.0 Å². The fourth-order valence-corrected chi connectivity index (χ4v) is 3.43.